The smallest absolute Gasteiger partial charge is 0.307 e. The molecule has 0 atom stereocenters. The van der Waals surface area contributed by atoms with Crippen LogP contribution in [0.1, 0.15) is 40.0 Å². The minimum atomic E-state index is -0.367. The number of ether oxygens (including phenoxy) is 1. The fourth-order valence-corrected chi connectivity index (χ4v) is 2.25. The molecule has 1 fully saturated rings. The summed E-state index contributed by atoms with van der Waals surface area (Å²) in [4.78, 5) is 11.4. The van der Waals surface area contributed by atoms with Gasteiger partial charge in [-0.3, -0.25) is 4.79 Å². The lowest BCUT2D eigenvalue weighted by atomic mass is 10.2. The molecule has 0 radical (unpaired) electrons. The zero-order valence-electron chi connectivity index (χ0n) is 10.8. The number of carbonyl (C=O) groups is 1. The number of nitrogens with one attached hydrogen (secondary N) is 1. The lowest BCUT2D eigenvalue weighted by Gasteiger charge is -2.19. The fraction of sp³-hybridized carbons (Fsp3) is 0.917. The monoisotopic (exact) mass is 245 g/mol. The van der Waals surface area contributed by atoms with Gasteiger partial charge in [0.05, 0.1) is 6.42 Å². The molecule has 4 heteroatoms. The molecule has 1 N–H and O–H groups in total. The summed E-state index contributed by atoms with van der Waals surface area (Å²) in [7, 11) is 0. The van der Waals surface area contributed by atoms with E-state index in [2.05, 4.69) is 11.6 Å². The Morgan fingerprint density at radius 3 is 2.50 bits per heavy atom. The Bertz CT molecular complexity index is 244. The van der Waals surface area contributed by atoms with Crippen molar-refractivity contribution < 1.29 is 9.53 Å². The molecule has 0 bridgehead atoms. The topological polar surface area (TPSA) is 38.3 Å². The highest BCUT2D eigenvalue weighted by Crippen LogP contribution is 2.46. The first-order valence-corrected chi connectivity index (χ1v) is 7.07. The van der Waals surface area contributed by atoms with E-state index >= 15 is 0 Å². The molecule has 1 aliphatic carbocycles. The van der Waals surface area contributed by atoms with Gasteiger partial charge in [-0.15, -0.1) is 0 Å². The van der Waals surface area contributed by atoms with E-state index in [9.17, 15) is 4.79 Å². The summed E-state index contributed by atoms with van der Waals surface area (Å²) < 4.78 is 5.69. The van der Waals surface area contributed by atoms with Crippen molar-refractivity contribution in [2.75, 3.05) is 19.3 Å². The molecule has 16 heavy (non-hydrogen) atoms. The molecule has 0 aromatic heterocycles. The van der Waals surface area contributed by atoms with Gasteiger partial charge in [-0.1, -0.05) is 0 Å². The molecule has 94 valence electrons. The minimum Gasteiger partial charge on any atom is -0.460 e. The van der Waals surface area contributed by atoms with E-state index in [0.29, 0.717) is 11.2 Å². The Labute approximate surface area is 103 Å². The average Bonchev–Trinajstić information content (AvgIpc) is 2.90. The number of hydrogen-bond donors (Lipinski definition) is 1. The van der Waals surface area contributed by atoms with Gasteiger partial charge in [-0.2, -0.15) is 11.8 Å². The van der Waals surface area contributed by atoms with Gasteiger partial charge in [0.15, 0.2) is 0 Å². The molecule has 0 saturated heterocycles. The van der Waals surface area contributed by atoms with Crippen molar-refractivity contribution >= 4 is 17.7 Å². The maximum absolute atomic E-state index is 11.4. The number of carbonyl (C=O) groups excluding carboxylic acids is 1. The third-order valence-electron chi connectivity index (χ3n) is 2.61. The lowest BCUT2D eigenvalue weighted by molar-refractivity contribution is -0.154. The molecule has 1 rings (SSSR count). The Hall–Kier alpha value is -0.220. The van der Waals surface area contributed by atoms with E-state index in [0.717, 1.165) is 13.1 Å². The van der Waals surface area contributed by atoms with E-state index in [1.807, 2.05) is 32.5 Å². The van der Waals surface area contributed by atoms with E-state index < -0.39 is 0 Å². The van der Waals surface area contributed by atoms with Crippen molar-refractivity contribution in [1.82, 2.24) is 5.32 Å². The van der Waals surface area contributed by atoms with Gasteiger partial charge in [0, 0.05) is 17.8 Å². The second-order valence-electron chi connectivity index (χ2n) is 5.40. The van der Waals surface area contributed by atoms with E-state index in [-0.39, 0.29) is 11.6 Å². The predicted molar refractivity (Wildman–Crippen MR) is 68.8 cm³/mol. The third kappa shape index (κ3) is 5.21. The zero-order chi connectivity index (χ0) is 12.2. The minimum absolute atomic E-state index is 0.117. The van der Waals surface area contributed by atoms with Crippen LogP contribution in [0.15, 0.2) is 0 Å². The summed E-state index contributed by atoms with van der Waals surface area (Å²) in [5.41, 5.74) is -0.367. The molecule has 0 unspecified atom stereocenters. The highest BCUT2D eigenvalue weighted by atomic mass is 32.2. The van der Waals surface area contributed by atoms with Crippen molar-refractivity contribution in [2.45, 2.75) is 50.4 Å². The number of thioether (sulfide) groups is 1. The number of esters is 1. The Kier molecular flexibility index (Phi) is 4.68. The van der Waals surface area contributed by atoms with Crippen molar-refractivity contribution in [3.63, 3.8) is 0 Å². The Balaban J connectivity index is 2.05. The molecular weight excluding hydrogens is 222 g/mol. The molecule has 0 aromatic carbocycles. The number of hydrogen-bond acceptors (Lipinski definition) is 4. The highest BCUT2D eigenvalue weighted by molar-refractivity contribution is 8.00. The third-order valence-corrected chi connectivity index (χ3v) is 4.03. The quantitative estimate of drug-likeness (QED) is 0.575. The van der Waals surface area contributed by atoms with Crippen LogP contribution in [0.3, 0.4) is 0 Å². The molecule has 3 nitrogen and oxygen atoms in total. The van der Waals surface area contributed by atoms with Crippen LogP contribution in [-0.4, -0.2) is 35.7 Å². The second-order valence-corrected chi connectivity index (χ2v) is 6.67. The van der Waals surface area contributed by atoms with E-state index in [1.54, 1.807) is 0 Å². The molecule has 0 aliphatic heterocycles. The zero-order valence-corrected chi connectivity index (χ0v) is 11.6. The number of rotatable bonds is 6. The van der Waals surface area contributed by atoms with Crippen LogP contribution < -0.4 is 5.32 Å². The molecular formula is C12H23NO2S. The van der Waals surface area contributed by atoms with Gasteiger partial charge < -0.3 is 10.1 Å². The molecule has 0 spiro atoms. The van der Waals surface area contributed by atoms with Gasteiger partial charge in [-0.25, -0.2) is 0 Å². The van der Waals surface area contributed by atoms with E-state index in [4.69, 9.17) is 4.74 Å². The maximum atomic E-state index is 11.4. The van der Waals surface area contributed by atoms with Crippen molar-refractivity contribution in [3.05, 3.63) is 0 Å². The summed E-state index contributed by atoms with van der Waals surface area (Å²) in [6.07, 6.45) is 5.21. The molecule has 0 aromatic rings. The normalized spacial score (nSPS) is 18.2. The SMILES string of the molecule is CSC1(CNCCC(=O)OC(C)(C)C)CC1. The van der Waals surface area contributed by atoms with Crippen LogP contribution in [0, 0.1) is 0 Å². The van der Waals surface area contributed by atoms with Gasteiger partial charge in [0.2, 0.25) is 0 Å². The van der Waals surface area contributed by atoms with Crippen LogP contribution in [0.25, 0.3) is 0 Å². The van der Waals surface area contributed by atoms with Gasteiger partial charge in [0.25, 0.3) is 0 Å². The summed E-state index contributed by atoms with van der Waals surface area (Å²) in [5, 5.41) is 3.33. The standard InChI is InChI=1S/C12H23NO2S/c1-11(2,3)15-10(14)5-8-13-9-12(16-4)6-7-12/h13H,5-9H2,1-4H3. The first-order chi connectivity index (χ1) is 7.37. The summed E-state index contributed by atoms with van der Waals surface area (Å²) in [5.74, 6) is -0.117. The van der Waals surface area contributed by atoms with Crippen LogP contribution >= 0.6 is 11.8 Å². The first kappa shape index (κ1) is 13.8. The highest BCUT2D eigenvalue weighted by Gasteiger charge is 2.41. The van der Waals surface area contributed by atoms with Gasteiger partial charge >= 0.3 is 5.97 Å². The van der Waals surface area contributed by atoms with Crippen molar-refractivity contribution in [3.8, 4) is 0 Å². The van der Waals surface area contributed by atoms with Crippen molar-refractivity contribution in [1.29, 1.82) is 0 Å². The lowest BCUT2D eigenvalue weighted by Crippen LogP contribution is -2.30. The largest absolute Gasteiger partial charge is 0.460 e. The second kappa shape index (κ2) is 5.41. The first-order valence-electron chi connectivity index (χ1n) is 5.85. The fourth-order valence-electron chi connectivity index (χ4n) is 1.49. The van der Waals surface area contributed by atoms with Crippen LogP contribution in [0.4, 0.5) is 0 Å². The molecule has 0 heterocycles. The van der Waals surface area contributed by atoms with Crippen LogP contribution in [0.5, 0.6) is 0 Å². The van der Waals surface area contributed by atoms with Gasteiger partial charge in [0.1, 0.15) is 5.60 Å². The van der Waals surface area contributed by atoms with Crippen molar-refractivity contribution in [2.24, 2.45) is 0 Å². The Morgan fingerprint density at radius 1 is 1.44 bits per heavy atom. The molecule has 1 saturated carbocycles. The maximum Gasteiger partial charge on any atom is 0.307 e. The summed E-state index contributed by atoms with van der Waals surface area (Å²) in [6.45, 7) is 7.41. The Morgan fingerprint density at radius 2 is 2.06 bits per heavy atom. The summed E-state index contributed by atoms with van der Waals surface area (Å²) in [6, 6.07) is 0. The molecule has 0 amide bonds. The molecule has 1 aliphatic rings. The predicted octanol–water partition coefficient (Wildman–Crippen LogP) is 2.20. The van der Waals surface area contributed by atoms with Gasteiger partial charge in [-0.05, 0) is 39.9 Å². The average molecular weight is 245 g/mol. The van der Waals surface area contributed by atoms with Crippen LogP contribution in [0.2, 0.25) is 0 Å². The summed E-state index contributed by atoms with van der Waals surface area (Å²) >= 11 is 1.93. The van der Waals surface area contributed by atoms with Crippen LogP contribution in [-0.2, 0) is 9.53 Å². The van der Waals surface area contributed by atoms with E-state index in [1.165, 1.54) is 12.8 Å².